The van der Waals surface area contributed by atoms with E-state index in [1.165, 1.54) is 295 Å². The summed E-state index contributed by atoms with van der Waals surface area (Å²) in [6.45, 7) is 4.97. The maximum absolute atomic E-state index is 12.5. The number of amides is 1. The molecule has 0 aliphatic carbocycles. The van der Waals surface area contributed by atoms with Gasteiger partial charge in [0.2, 0.25) is 5.91 Å². The van der Waals surface area contributed by atoms with Gasteiger partial charge in [0.15, 0.2) is 0 Å². The zero-order valence-corrected chi connectivity index (χ0v) is 50.1. The summed E-state index contributed by atoms with van der Waals surface area (Å²) in [6.07, 6.45) is 79.2. The minimum absolute atomic E-state index is 0.00526. The Morgan fingerprint density at radius 1 is 0.365 bits per heavy atom. The van der Waals surface area contributed by atoms with Crippen molar-refractivity contribution < 1.29 is 24.5 Å². The van der Waals surface area contributed by atoms with Crippen molar-refractivity contribution >= 4 is 11.9 Å². The van der Waals surface area contributed by atoms with Gasteiger partial charge in [-0.05, 0) is 77.0 Å². The Kier molecular flexibility index (Phi) is 62.4. The van der Waals surface area contributed by atoms with Gasteiger partial charge in [-0.3, -0.25) is 9.59 Å². The van der Waals surface area contributed by atoms with E-state index in [2.05, 4.69) is 43.5 Å². The average Bonchev–Trinajstić information content (AvgIpc) is 3.40. The van der Waals surface area contributed by atoms with Crippen LogP contribution in [0.4, 0.5) is 0 Å². The summed E-state index contributed by atoms with van der Waals surface area (Å²) in [5.41, 5.74) is 0. The molecular formula is C68H131NO5. The highest BCUT2D eigenvalue weighted by Gasteiger charge is 2.20. The fourth-order valence-corrected chi connectivity index (χ4v) is 10.6. The van der Waals surface area contributed by atoms with Crippen LogP contribution in [-0.4, -0.2) is 47.4 Å². The Labute approximate surface area is 462 Å². The van der Waals surface area contributed by atoms with Crippen LogP contribution in [0.15, 0.2) is 24.3 Å². The molecular weight excluding hydrogens is 911 g/mol. The molecule has 6 nitrogen and oxygen atoms in total. The molecule has 0 aliphatic rings. The van der Waals surface area contributed by atoms with Gasteiger partial charge in [0, 0.05) is 12.8 Å². The molecule has 0 aromatic heterocycles. The van der Waals surface area contributed by atoms with Gasteiger partial charge >= 0.3 is 5.97 Å². The fraction of sp³-hybridized carbons (Fsp3) is 0.912. The van der Waals surface area contributed by atoms with Crippen LogP contribution < -0.4 is 5.32 Å². The number of rotatable bonds is 63. The molecule has 0 heterocycles. The number of aliphatic hydroxyl groups is 2. The third-order valence-corrected chi connectivity index (χ3v) is 15.7. The first-order valence-corrected chi connectivity index (χ1v) is 33.6. The lowest BCUT2D eigenvalue weighted by Crippen LogP contribution is -2.45. The van der Waals surface area contributed by atoms with E-state index in [0.29, 0.717) is 25.9 Å². The topological polar surface area (TPSA) is 95.9 Å². The normalized spacial score (nSPS) is 12.6. The highest BCUT2D eigenvalue weighted by atomic mass is 16.5. The van der Waals surface area contributed by atoms with Gasteiger partial charge in [-0.1, -0.05) is 308 Å². The zero-order chi connectivity index (χ0) is 53.6. The number of hydrogen-bond acceptors (Lipinski definition) is 5. The number of allylic oxidation sites excluding steroid dienone is 4. The first-order chi connectivity index (χ1) is 36.5. The van der Waals surface area contributed by atoms with E-state index in [9.17, 15) is 19.8 Å². The molecule has 0 aromatic rings. The molecule has 2 atom stereocenters. The van der Waals surface area contributed by atoms with Crippen molar-refractivity contribution in [3.63, 3.8) is 0 Å². The van der Waals surface area contributed by atoms with Crippen molar-refractivity contribution in [1.82, 2.24) is 5.32 Å². The van der Waals surface area contributed by atoms with E-state index in [1.54, 1.807) is 0 Å². The Morgan fingerprint density at radius 2 is 0.635 bits per heavy atom. The largest absolute Gasteiger partial charge is 0.466 e. The minimum atomic E-state index is -0.667. The Bertz CT molecular complexity index is 1150. The molecule has 0 rings (SSSR count). The minimum Gasteiger partial charge on any atom is -0.466 e. The fourth-order valence-electron chi connectivity index (χ4n) is 10.6. The Balaban J connectivity index is 3.40. The van der Waals surface area contributed by atoms with Gasteiger partial charge in [0.25, 0.3) is 0 Å². The van der Waals surface area contributed by atoms with E-state index in [-0.39, 0.29) is 18.5 Å². The van der Waals surface area contributed by atoms with E-state index in [4.69, 9.17) is 4.74 Å². The highest BCUT2D eigenvalue weighted by molar-refractivity contribution is 5.76. The second-order valence-electron chi connectivity index (χ2n) is 23.1. The summed E-state index contributed by atoms with van der Waals surface area (Å²) in [5, 5.41) is 23.4. The number of carbonyl (C=O) groups excluding carboxylic acids is 2. The summed E-state index contributed by atoms with van der Waals surface area (Å²) in [6, 6.07) is -0.545. The number of esters is 1. The van der Waals surface area contributed by atoms with Crippen molar-refractivity contribution in [2.75, 3.05) is 13.2 Å². The van der Waals surface area contributed by atoms with Crippen molar-refractivity contribution in [3.8, 4) is 0 Å². The van der Waals surface area contributed by atoms with E-state index in [1.807, 2.05) is 0 Å². The number of ether oxygens (including phenoxy) is 1. The summed E-state index contributed by atoms with van der Waals surface area (Å²) in [7, 11) is 0. The summed E-state index contributed by atoms with van der Waals surface area (Å²) in [5.74, 6) is -0.0310. The smallest absolute Gasteiger partial charge is 0.305 e. The van der Waals surface area contributed by atoms with Crippen LogP contribution in [0, 0.1) is 0 Å². The van der Waals surface area contributed by atoms with E-state index < -0.39 is 12.1 Å². The molecule has 6 heteroatoms. The van der Waals surface area contributed by atoms with E-state index >= 15 is 0 Å². The standard InChI is InChI=1S/C68H131NO5/c1-3-5-7-9-11-13-15-17-19-20-29-33-36-40-44-48-52-56-60-66(71)65(64-70)69-67(72)61-57-53-49-45-41-37-34-30-27-25-23-21-22-24-26-28-31-35-39-43-47-51-55-59-63-74-68(73)62-58-54-50-46-42-38-32-18-16-14-12-10-8-6-4-2/h18,23,25,32,65-66,70-71H,3-17,19-22,24,26-31,33-64H2,1-2H3,(H,69,72)/b25-23-,32-18-. The number of hydrogen-bond donors (Lipinski definition) is 3. The SMILES string of the molecule is CCCCCCCC/C=C\CCCCCCCC(=O)OCCCCCCCCCCCCCC/C=C\CCCCCCCCCCC(=O)NC(CO)C(O)CCCCCCCCCCCCCCCCCCCC. The highest BCUT2D eigenvalue weighted by Crippen LogP contribution is 2.18. The van der Waals surface area contributed by atoms with Gasteiger partial charge in [-0.15, -0.1) is 0 Å². The molecule has 0 bridgehead atoms. The third-order valence-electron chi connectivity index (χ3n) is 15.7. The average molecular weight is 1040 g/mol. The number of carbonyl (C=O) groups is 2. The Morgan fingerprint density at radius 3 is 0.959 bits per heavy atom. The Hall–Kier alpha value is -1.66. The second kappa shape index (κ2) is 63.9. The molecule has 0 aromatic carbocycles. The van der Waals surface area contributed by atoms with Crippen molar-refractivity contribution in [2.45, 2.75) is 386 Å². The van der Waals surface area contributed by atoms with Crippen LogP contribution in [-0.2, 0) is 14.3 Å². The lowest BCUT2D eigenvalue weighted by atomic mass is 10.0. The lowest BCUT2D eigenvalue weighted by Gasteiger charge is -2.22. The molecule has 0 spiro atoms. The van der Waals surface area contributed by atoms with Gasteiger partial charge in [-0.25, -0.2) is 0 Å². The van der Waals surface area contributed by atoms with Gasteiger partial charge in [0.1, 0.15) is 0 Å². The molecule has 74 heavy (non-hydrogen) atoms. The third kappa shape index (κ3) is 59.6. The maximum atomic E-state index is 12.5. The van der Waals surface area contributed by atoms with Crippen LogP contribution in [0.2, 0.25) is 0 Å². The molecule has 0 saturated heterocycles. The number of nitrogens with one attached hydrogen (secondary N) is 1. The molecule has 0 saturated carbocycles. The first-order valence-electron chi connectivity index (χ1n) is 33.6. The van der Waals surface area contributed by atoms with Crippen molar-refractivity contribution in [2.24, 2.45) is 0 Å². The zero-order valence-electron chi connectivity index (χ0n) is 50.1. The van der Waals surface area contributed by atoms with Crippen molar-refractivity contribution in [1.29, 1.82) is 0 Å². The maximum Gasteiger partial charge on any atom is 0.305 e. The van der Waals surface area contributed by atoms with Crippen LogP contribution in [0.25, 0.3) is 0 Å². The van der Waals surface area contributed by atoms with Crippen LogP contribution in [0.5, 0.6) is 0 Å². The van der Waals surface area contributed by atoms with Crippen molar-refractivity contribution in [3.05, 3.63) is 24.3 Å². The van der Waals surface area contributed by atoms with E-state index in [0.717, 1.165) is 44.9 Å². The molecule has 0 aliphatic heterocycles. The molecule has 3 N–H and O–H groups in total. The van der Waals surface area contributed by atoms with Crippen LogP contribution >= 0.6 is 0 Å². The van der Waals surface area contributed by atoms with Crippen LogP contribution in [0.1, 0.15) is 373 Å². The number of unbranched alkanes of at least 4 members (excludes halogenated alkanes) is 48. The molecule has 0 radical (unpaired) electrons. The summed E-state index contributed by atoms with van der Waals surface area (Å²) >= 11 is 0. The van der Waals surface area contributed by atoms with Gasteiger partial charge in [-0.2, -0.15) is 0 Å². The summed E-state index contributed by atoms with van der Waals surface area (Å²) in [4.78, 5) is 24.6. The van der Waals surface area contributed by atoms with Gasteiger partial charge < -0.3 is 20.3 Å². The molecule has 438 valence electrons. The molecule has 0 fully saturated rings. The predicted molar refractivity (Wildman–Crippen MR) is 324 cm³/mol. The second-order valence-corrected chi connectivity index (χ2v) is 23.1. The lowest BCUT2D eigenvalue weighted by molar-refractivity contribution is -0.143. The number of aliphatic hydroxyl groups excluding tert-OH is 2. The quantitative estimate of drug-likeness (QED) is 0.0320. The molecule has 2 unspecified atom stereocenters. The predicted octanol–water partition coefficient (Wildman–Crippen LogP) is 21.4. The molecule has 1 amide bonds. The van der Waals surface area contributed by atoms with Crippen LogP contribution in [0.3, 0.4) is 0 Å². The van der Waals surface area contributed by atoms with Gasteiger partial charge in [0.05, 0.1) is 25.4 Å². The first kappa shape index (κ1) is 72.3. The summed E-state index contributed by atoms with van der Waals surface area (Å²) < 4.78 is 5.49. The monoisotopic (exact) mass is 1040 g/mol.